The van der Waals surface area contributed by atoms with Crippen LogP contribution in [0, 0.1) is 11.8 Å². The zero-order valence-corrected chi connectivity index (χ0v) is 15.8. The lowest BCUT2D eigenvalue weighted by Crippen LogP contribution is -2.50. The topological polar surface area (TPSA) is 67.6 Å². The highest BCUT2D eigenvalue weighted by Crippen LogP contribution is 2.08. The first-order chi connectivity index (χ1) is 9.38. The monoisotopic (exact) mass is 357 g/mol. The van der Waals surface area contributed by atoms with Crippen LogP contribution in [0.15, 0.2) is 0 Å². The summed E-state index contributed by atoms with van der Waals surface area (Å²) in [7, 11) is 0. The zero-order valence-electron chi connectivity index (χ0n) is 14.2. The van der Waals surface area contributed by atoms with Gasteiger partial charge in [0.25, 0.3) is 0 Å². The van der Waals surface area contributed by atoms with Gasteiger partial charge < -0.3 is 15.8 Å². The molecule has 0 aromatic carbocycles. The Morgan fingerprint density at radius 2 is 1.91 bits per heavy atom. The Balaban J connectivity index is 0. The quantitative estimate of drug-likeness (QED) is 0.727. The van der Waals surface area contributed by atoms with E-state index in [1.54, 1.807) is 0 Å². The van der Waals surface area contributed by atoms with Gasteiger partial charge in [-0.15, -0.1) is 24.8 Å². The Morgan fingerprint density at radius 1 is 1.27 bits per heavy atom. The van der Waals surface area contributed by atoms with E-state index in [-0.39, 0.29) is 36.8 Å². The van der Waals surface area contributed by atoms with Crippen LogP contribution in [-0.2, 0) is 9.53 Å². The van der Waals surface area contributed by atoms with Gasteiger partial charge in [-0.05, 0) is 18.3 Å². The van der Waals surface area contributed by atoms with Crippen molar-refractivity contribution in [1.29, 1.82) is 0 Å². The molecule has 0 bridgehead atoms. The number of rotatable bonds is 7. The van der Waals surface area contributed by atoms with Crippen LogP contribution >= 0.6 is 24.8 Å². The van der Waals surface area contributed by atoms with E-state index in [9.17, 15) is 4.79 Å². The highest BCUT2D eigenvalue weighted by molar-refractivity contribution is 5.85. The molecule has 1 heterocycles. The molecule has 0 radical (unpaired) electrons. The van der Waals surface area contributed by atoms with Gasteiger partial charge in [-0.1, -0.05) is 27.7 Å². The fourth-order valence-corrected chi connectivity index (χ4v) is 2.55. The van der Waals surface area contributed by atoms with Crippen LogP contribution in [0.3, 0.4) is 0 Å². The van der Waals surface area contributed by atoms with Gasteiger partial charge in [0.2, 0.25) is 5.91 Å². The van der Waals surface area contributed by atoms with E-state index >= 15 is 0 Å². The van der Waals surface area contributed by atoms with Crippen molar-refractivity contribution in [2.24, 2.45) is 17.6 Å². The number of hydrogen-bond acceptors (Lipinski definition) is 4. The van der Waals surface area contributed by atoms with Crippen molar-refractivity contribution in [2.45, 2.75) is 46.3 Å². The van der Waals surface area contributed by atoms with Crippen molar-refractivity contribution in [3.63, 3.8) is 0 Å². The molecule has 1 fully saturated rings. The summed E-state index contributed by atoms with van der Waals surface area (Å²) in [5.74, 6) is 1.02. The second-order valence-electron chi connectivity index (χ2n) is 6.63. The van der Waals surface area contributed by atoms with Crippen molar-refractivity contribution in [2.75, 3.05) is 32.8 Å². The highest BCUT2D eigenvalue weighted by Gasteiger charge is 2.22. The molecule has 7 heteroatoms. The van der Waals surface area contributed by atoms with Gasteiger partial charge in [-0.25, -0.2) is 0 Å². The largest absolute Gasteiger partial charge is 0.374 e. The number of carbonyl (C=O) groups is 1. The number of ether oxygens (including phenoxy) is 1. The van der Waals surface area contributed by atoms with Crippen molar-refractivity contribution in [3.8, 4) is 0 Å². The SMILES string of the molecule is CC(C)C[C@H](N)C(=O)NCC1CN(CC(C)C)CCO1.Cl.Cl. The van der Waals surface area contributed by atoms with Gasteiger partial charge in [-0.2, -0.15) is 0 Å². The maximum atomic E-state index is 11.9. The van der Waals surface area contributed by atoms with Gasteiger partial charge in [-0.3, -0.25) is 9.69 Å². The van der Waals surface area contributed by atoms with Gasteiger partial charge in [0.1, 0.15) is 0 Å². The van der Waals surface area contributed by atoms with Crippen molar-refractivity contribution in [3.05, 3.63) is 0 Å². The average Bonchev–Trinajstić information content (AvgIpc) is 2.34. The van der Waals surface area contributed by atoms with E-state index in [0.29, 0.717) is 18.4 Å². The second kappa shape index (κ2) is 12.4. The third-order valence-corrected chi connectivity index (χ3v) is 3.41. The normalized spacial score (nSPS) is 20.2. The van der Waals surface area contributed by atoms with Crippen LogP contribution in [0.1, 0.15) is 34.1 Å². The van der Waals surface area contributed by atoms with Gasteiger partial charge in [0.05, 0.1) is 18.8 Å². The van der Waals surface area contributed by atoms with E-state index in [1.165, 1.54) is 0 Å². The number of halogens is 2. The highest BCUT2D eigenvalue weighted by atomic mass is 35.5. The van der Waals surface area contributed by atoms with Gasteiger partial charge >= 0.3 is 0 Å². The zero-order chi connectivity index (χ0) is 15.1. The van der Waals surface area contributed by atoms with Gasteiger partial charge in [0, 0.05) is 26.2 Å². The summed E-state index contributed by atoms with van der Waals surface area (Å²) in [5.41, 5.74) is 5.86. The number of morpholine rings is 1. The maximum absolute atomic E-state index is 11.9. The summed E-state index contributed by atoms with van der Waals surface area (Å²) in [6, 6.07) is -0.412. The van der Waals surface area contributed by atoms with Crippen LogP contribution < -0.4 is 11.1 Å². The Kier molecular flexibility index (Phi) is 13.6. The van der Waals surface area contributed by atoms with E-state index in [1.807, 2.05) is 0 Å². The van der Waals surface area contributed by atoms with Crippen LogP contribution in [0.5, 0.6) is 0 Å². The van der Waals surface area contributed by atoms with E-state index in [4.69, 9.17) is 10.5 Å². The Hall–Kier alpha value is -0.0700. The molecule has 1 amide bonds. The van der Waals surface area contributed by atoms with E-state index < -0.39 is 6.04 Å². The van der Waals surface area contributed by atoms with Crippen molar-refractivity contribution >= 4 is 30.7 Å². The van der Waals surface area contributed by atoms with Crippen LogP contribution in [0.2, 0.25) is 0 Å². The minimum atomic E-state index is -0.412. The minimum absolute atomic E-state index is 0. The minimum Gasteiger partial charge on any atom is -0.374 e. The van der Waals surface area contributed by atoms with Crippen LogP contribution in [0.4, 0.5) is 0 Å². The standard InChI is InChI=1S/C15H31N3O2.2ClH/c1-11(2)7-14(16)15(19)17-8-13-10-18(5-6-20-13)9-12(3)4;;/h11-14H,5-10,16H2,1-4H3,(H,17,19);2*1H/t13?,14-;;/m0../s1. The van der Waals surface area contributed by atoms with Crippen molar-refractivity contribution < 1.29 is 9.53 Å². The molecule has 1 aliphatic heterocycles. The molecule has 5 nitrogen and oxygen atoms in total. The molecular weight excluding hydrogens is 325 g/mol. The molecule has 0 aliphatic carbocycles. The Labute approximate surface area is 147 Å². The number of amides is 1. The Bertz CT molecular complexity index is 305. The average molecular weight is 358 g/mol. The fourth-order valence-electron chi connectivity index (χ4n) is 2.55. The first kappa shape index (κ1) is 24.2. The van der Waals surface area contributed by atoms with E-state index in [2.05, 4.69) is 37.9 Å². The summed E-state index contributed by atoms with van der Waals surface area (Å²) in [4.78, 5) is 14.3. The molecule has 0 aromatic rings. The summed E-state index contributed by atoms with van der Waals surface area (Å²) >= 11 is 0. The third kappa shape index (κ3) is 9.85. The number of nitrogens with two attached hydrogens (primary N) is 1. The summed E-state index contributed by atoms with van der Waals surface area (Å²) in [6.45, 7) is 12.8. The smallest absolute Gasteiger partial charge is 0.237 e. The molecule has 3 N–H and O–H groups in total. The molecule has 0 saturated carbocycles. The molecule has 22 heavy (non-hydrogen) atoms. The second-order valence-corrected chi connectivity index (χ2v) is 6.63. The van der Waals surface area contributed by atoms with Crippen LogP contribution in [0.25, 0.3) is 0 Å². The maximum Gasteiger partial charge on any atom is 0.237 e. The number of nitrogens with one attached hydrogen (secondary N) is 1. The van der Waals surface area contributed by atoms with Crippen molar-refractivity contribution in [1.82, 2.24) is 10.2 Å². The number of hydrogen-bond donors (Lipinski definition) is 2. The van der Waals surface area contributed by atoms with Crippen LogP contribution in [-0.4, -0.2) is 55.7 Å². The third-order valence-electron chi connectivity index (χ3n) is 3.41. The molecule has 1 unspecified atom stereocenters. The van der Waals surface area contributed by atoms with Gasteiger partial charge in [0.15, 0.2) is 0 Å². The number of carbonyl (C=O) groups excluding carboxylic acids is 1. The summed E-state index contributed by atoms with van der Waals surface area (Å²) < 4.78 is 5.70. The molecule has 1 aliphatic rings. The molecule has 134 valence electrons. The number of nitrogens with zero attached hydrogens (tertiary/aromatic N) is 1. The molecular formula is C15H33Cl2N3O2. The summed E-state index contributed by atoms with van der Waals surface area (Å²) in [6.07, 6.45) is 0.800. The molecule has 2 atom stereocenters. The molecule has 1 saturated heterocycles. The predicted molar refractivity (Wildman–Crippen MR) is 96.0 cm³/mol. The lowest BCUT2D eigenvalue weighted by molar-refractivity contribution is -0.123. The molecule has 1 rings (SSSR count). The fraction of sp³-hybridized carbons (Fsp3) is 0.933. The van der Waals surface area contributed by atoms with E-state index in [0.717, 1.165) is 32.7 Å². The predicted octanol–water partition coefficient (Wildman–Crippen LogP) is 1.68. The lowest BCUT2D eigenvalue weighted by atomic mass is 10.0. The summed E-state index contributed by atoms with van der Waals surface area (Å²) in [5, 5.41) is 2.92. The molecule has 0 spiro atoms. The first-order valence-electron chi connectivity index (χ1n) is 7.75. The Morgan fingerprint density at radius 3 is 2.45 bits per heavy atom. The first-order valence-corrected chi connectivity index (χ1v) is 7.75. The molecule has 0 aromatic heterocycles. The lowest BCUT2D eigenvalue weighted by Gasteiger charge is -2.34.